The molecule has 10 heteroatoms. The molecule has 0 aliphatic carbocycles. The first-order valence-electron chi connectivity index (χ1n) is 10.3. The van der Waals surface area contributed by atoms with Crippen molar-refractivity contribution in [2.45, 2.75) is 33.2 Å². The number of hydrogen-bond donors (Lipinski definition) is 1. The predicted octanol–water partition coefficient (Wildman–Crippen LogP) is 4.29. The van der Waals surface area contributed by atoms with E-state index in [2.05, 4.69) is 4.72 Å². The average molecular weight is 498 g/mol. The van der Waals surface area contributed by atoms with Crippen LogP contribution in [0.2, 0.25) is 10.0 Å². The van der Waals surface area contributed by atoms with Crippen molar-refractivity contribution in [1.29, 1.82) is 0 Å². The summed E-state index contributed by atoms with van der Waals surface area (Å²) >= 11 is 12.3. The van der Waals surface area contributed by atoms with Crippen molar-refractivity contribution in [1.82, 2.24) is 9.62 Å². The summed E-state index contributed by atoms with van der Waals surface area (Å²) in [5.41, 5.74) is 1.95. The van der Waals surface area contributed by atoms with Crippen LogP contribution in [-0.4, -0.2) is 44.1 Å². The number of fused-ring (bicyclic) bond motifs is 1. The summed E-state index contributed by atoms with van der Waals surface area (Å²) < 4.78 is 26.4. The number of rotatable bonds is 8. The second kappa shape index (κ2) is 10.1. The molecular formula is C22H25Cl2N3O4S. The third-order valence-electron chi connectivity index (χ3n) is 5.23. The molecule has 0 radical (unpaired) electrons. The zero-order valence-corrected chi connectivity index (χ0v) is 20.2. The molecule has 0 bridgehead atoms. The lowest BCUT2D eigenvalue weighted by atomic mass is 10.0. The van der Waals surface area contributed by atoms with Crippen molar-refractivity contribution in [3.05, 3.63) is 63.1 Å². The van der Waals surface area contributed by atoms with Crippen molar-refractivity contribution in [3.8, 4) is 0 Å². The highest BCUT2D eigenvalue weighted by Crippen LogP contribution is 2.32. The molecule has 0 saturated heterocycles. The summed E-state index contributed by atoms with van der Waals surface area (Å²) in [7, 11) is -3.73. The highest BCUT2D eigenvalue weighted by Gasteiger charge is 2.30. The van der Waals surface area contributed by atoms with Crippen LogP contribution in [0.4, 0.5) is 5.69 Å². The van der Waals surface area contributed by atoms with Gasteiger partial charge in [-0.25, -0.2) is 13.1 Å². The number of hydrogen-bond acceptors (Lipinski definition) is 5. The molecule has 1 N–H and O–H groups in total. The highest BCUT2D eigenvalue weighted by molar-refractivity contribution is 7.90. The first-order valence-corrected chi connectivity index (χ1v) is 12.7. The van der Waals surface area contributed by atoms with E-state index in [1.54, 1.807) is 29.2 Å². The maximum absolute atomic E-state index is 12.8. The number of sulfonamides is 1. The van der Waals surface area contributed by atoms with Crippen LogP contribution in [0, 0.1) is 0 Å². The number of benzene rings is 2. The number of carbonyl (C=O) groups is 2. The SMILES string of the molecule is CCCCS(=O)(=O)NC(=O)c1ccc2c(c1)N(Cc1ccc(Cl)cc1Cl)CN(CC)C2=O. The third kappa shape index (κ3) is 5.54. The fourth-order valence-electron chi connectivity index (χ4n) is 3.45. The minimum Gasteiger partial charge on any atom is -0.349 e. The summed E-state index contributed by atoms with van der Waals surface area (Å²) in [6.45, 7) is 4.97. The van der Waals surface area contributed by atoms with Gasteiger partial charge in [0, 0.05) is 28.7 Å². The van der Waals surface area contributed by atoms with Gasteiger partial charge in [0.05, 0.1) is 23.7 Å². The summed E-state index contributed by atoms with van der Waals surface area (Å²) in [6.07, 6.45) is 1.16. The van der Waals surface area contributed by atoms with E-state index in [0.29, 0.717) is 53.9 Å². The lowest BCUT2D eigenvalue weighted by Gasteiger charge is -2.38. The second-order valence-electron chi connectivity index (χ2n) is 7.57. The molecule has 2 amide bonds. The van der Waals surface area contributed by atoms with Crippen molar-refractivity contribution in [2.75, 3.05) is 23.9 Å². The number of amides is 2. The quantitative estimate of drug-likeness (QED) is 0.587. The summed E-state index contributed by atoms with van der Waals surface area (Å²) in [6, 6.07) is 9.78. The van der Waals surface area contributed by atoms with Gasteiger partial charge in [-0.1, -0.05) is 42.6 Å². The molecule has 1 aliphatic heterocycles. The molecular weight excluding hydrogens is 473 g/mol. The van der Waals surface area contributed by atoms with Crippen LogP contribution >= 0.6 is 23.2 Å². The van der Waals surface area contributed by atoms with Crippen molar-refractivity contribution in [2.24, 2.45) is 0 Å². The van der Waals surface area contributed by atoms with Gasteiger partial charge in [0.25, 0.3) is 11.8 Å². The monoisotopic (exact) mass is 497 g/mol. The minimum absolute atomic E-state index is 0.120. The van der Waals surface area contributed by atoms with Gasteiger partial charge in [-0.2, -0.15) is 0 Å². The van der Waals surface area contributed by atoms with Gasteiger partial charge in [0.2, 0.25) is 10.0 Å². The molecule has 32 heavy (non-hydrogen) atoms. The van der Waals surface area contributed by atoms with Gasteiger partial charge in [-0.05, 0) is 49.2 Å². The normalized spacial score (nSPS) is 13.8. The zero-order valence-electron chi connectivity index (χ0n) is 17.9. The Morgan fingerprint density at radius 2 is 1.84 bits per heavy atom. The molecule has 0 spiro atoms. The average Bonchev–Trinajstić information content (AvgIpc) is 2.75. The molecule has 2 aromatic carbocycles. The van der Waals surface area contributed by atoms with Gasteiger partial charge >= 0.3 is 0 Å². The van der Waals surface area contributed by atoms with Gasteiger partial charge in [-0.15, -0.1) is 0 Å². The van der Waals surface area contributed by atoms with E-state index in [4.69, 9.17) is 23.2 Å². The molecule has 7 nitrogen and oxygen atoms in total. The smallest absolute Gasteiger partial charge is 0.264 e. The van der Waals surface area contributed by atoms with E-state index in [0.717, 1.165) is 5.56 Å². The number of nitrogens with zero attached hydrogens (tertiary/aromatic N) is 2. The Morgan fingerprint density at radius 3 is 2.50 bits per heavy atom. The fraction of sp³-hybridized carbons (Fsp3) is 0.364. The van der Waals surface area contributed by atoms with E-state index in [1.165, 1.54) is 6.07 Å². The zero-order chi connectivity index (χ0) is 23.5. The Hall–Kier alpha value is -2.29. The van der Waals surface area contributed by atoms with E-state index >= 15 is 0 Å². The summed E-state index contributed by atoms with van der Waals surface area (Å²) in [4.78, 5) is 29.1. The third-order valence-corrected chi connectivity index (χ3v) is 7.14. The van der Waals surface area contributed by atoms with Crippen LogP contribution in [-0.2, 0) is 16.6 Å². The Kier molecular flexibility index (Phi) is 7.69. The standard InChI is InChI=1S/C22H25Cl2N3O4S/c1-3-5-10-32(30,31)25-21(28)15-7-9-18-20(11-15)27(14-26(4-2)22(18)29)13-16-6-8-17(23)12-19(16)24/h6-9,11-12H,3-5,10,13-14H2,1-2H3,(H,25,28). The van der Waals surface area contributed by atoms with Gasteiger partial charge in [0.1, 0.15) is 0 Å². The second-order valence-corrected chi connectivity index (χ2v) is 10.3. The number of unbranched alkanes of at least 4 members (excludes halogenated alkanes) is 1. The lowest BCUT2D eigenvalue weighted by Crippen LogP contribution is -2.46. The van der Waals surface area contributed by atoms with Crippen LogP contribution < -0.4 is 9.62 Å². The molecule has 3 rings (SSSR count). The fourth-order valence-corrected chi connectivity index (χ4v) is 5.09. The first kappa shape index (κ1) is 24.4. The maximum Gasteiger partial charge on any atom is 0.264 e. The van der Waals surface area contributed by atoms with Crippen LogP contribution in [0.25, 0.3) is 0 Å². The van der Waals surface area contributed by atoms with Gasteiger partial charge in [0.15, 0.2) is 0 Å². The Labute approximate surface area is 198 Å². The number of halogens is 2. The summed E-state index contributed by atoms with van der Waals surface area (Å²) in [5.74, 6) is -0.993. The molecule has 1 aliphatic rings. The van der Waals surface area contributed by atoms with E-state index in [-0.39, 0.29) is 17.2 Å². The summed E-state index contributed by atoms with van der Waals surface area (Å²) in [5, 5.41) is 1.02. The van der Waals surface area contributed by atoms with Crippen LogP contribution in [0.15, 0.2) is 36.4 Å². The van der Waals surface area contributed by atoms with E-state index < -0.39 is 15.9 Å². The predicted molar refractivity (Wildman–Crippen MR) is 127 cm³/mol. The Balaban J connectivity index is 1.94. The van der Waals surface area contributed by atoms with Crippen LogP contribution in [0.5, 0.6) is 0 Å². The molecule has 0 atom stereocenters. The minimum atomic E-state index is -3.73. The van der Waals surface area contributed by atoms with Gasteiger partial charge in [-0.3, -0.25) is 9.59 Å². The maximum atomic E-state index is 12.8. The van der Waals surface area contributed by atoms with E-state index in [1.807, 2.05) is 24.8 Å². The largest absolute Gasteiger partial charge is 0.349 e. The molecule has 0 aromatic heterocycles. The van der Waals surface area contributed by atoms with E-state index in [9.17, 15) is 18.0 Å². The van der Waals surface area contributed by atoms with Crippen molar-refractivity contribution in [3.63, 3.8) is 0 Å². The number of nitrogens with one attached hydrogen (secondary N) is 1. The number of carbonyl (C=O) groups excluding carboxylic acids is 2. The molecule has 0 unspecified atom stereocenters. The number of anilines is 1. The van der Waals surface area contributed by atoms with Crippen LogP contribution in [0.3, 0.4) is 0 Å². The molecule has 2 aromatic rings. The molecule has 172 valence electrons. The Bertz CT molecular complexity index is 1140. The lowest BCUT2D eigenvalue weighted by molar-refractivity contribution is 0.0749. The molecule has 0 saturated carbocycles. The first-order chi connectivity index (χ1) is 15.1. The van der Waals surface area contributed by atoms with Crippen molar-refractivity contribution >= 4 is 50.7 Å². The Morgan fingerprint density at radius 1 is 1.09 bits per heavy atom. The topological polar surface area (TPSA) is 86.8 Å². The van der Waals surface area contributed by atoms with Crippen molar-refractivity contribution < 1.29 is 18.0 Å². The molecule has 0 fully saturated rings. The highest BCUT2D eigenvalue weighted by atomic mass is 35.5. The van der Waals surface area contributed by atoms with Gasteiger partial charge < -0.3 is 9.80 Å². The van der Waals surface area contributed by atoms with Crippen LogP contribution in [0.1, 0.15) is 53.0 Å². The molecule has 1 heterocycles.